The van der Waals surface area contributed by atoms with Gasteiger partial charge in [-0.25, -0.2) is 0 Å². The first-order chi connectivity index (χ1) is 9.99. The summed E-state index contributed by atoms with van der Waals surface area (Å²) in [6.45, 7) is 10.1. The van der Waals surface area contributed by atoms with Crippen molar-refractivity contribution in [1.29, 1.82) is 0 Å². The summed E-state index contributed by atoms with van der Waals surface area (Å²) in [7, 11) is 0. The molecule has 0 aromatic heterocycles. The molecule has 0 radical (unpaired) electrons. The van der Waals surface area contributed by atoms with Crippen molar-refractivity contribution in [2.24, 2.45) is 0 Å². The summed E-state index contributed by atoms with van der Waals surface area (Å²) in [4.78, 5) is 2.07. The standard InChI is InChI=1S/C17H25F3N2/c1-15(2)8-10-22(11-9-16(3,4)21-15)14-7-5-6-13(12-14)17(18,19)20/h5-7,12,21H,8-11H2,1-4H3. The van der Waals surface area contributed by atoms with Crippen LogP contribution in [0.4, 0.5) is 18.9 Å². The molecule has 1 saturated heterocycles. The van der Waals surface area contributed by atoms with Gasteiger partial charge in [0.15, 0.2) is 0 Å². The Balaban J connectivity index is 2.24. The van der Waals surface area contributed by atoms with Crippen LogP contribution in [0.1, 0.15) is 46.1 Å². The minimum absolute atomic E-state index is 0.0379. The Hall–Kier alpha value is -1.23. The second-order valence-electron chi connectivity index (χ2n) is 7.43. The van der Waals surface area contributed by atoms with E-state index in [-0.39, 0.29) is 11.1 Å². The van der Waals surface area contributed by atoms with Gasteiger partial charge in [-0.3, -0.25) is 0 Å². The van der Waals surface area contributed by atoms with Crippen molar-refractivity contribution in [1.82, 2.24) is 5.32 Å². The molecule has 0 bridgehead atoms. The summed E-state index contributed by atoms with van der Waals surface area (Å²) in [5, 5.41) is 3.64. The van der Waals surface area contributed by atoms with Gasteiger partial charge in [-0.1, -0.05) is 6.07 Å². The number of halogens is 3. The molecule has 0 unspecified atom stereocenters. The minimum Gasteiger partial charge on any atom is -0.371 e. The van der Waals surface area contributed by atoms with Gasteiger partial charge in [0, 0.05) is 29.9 Å². The van der Waals surface area contributed by atoms with Crippen molar-refractivity contribution < 1.29 is 13.2 Å². The number of hydrogen-bond acceptors (Lipinski definition) is 2. The fraction of sp³-hybridized carbons (Fsp3) is 0.647. The van der Waals surface area contributed by atoms with Gasteiger partial charge in [0.2, 0.25) is 0 Å². The maximum Gasteiger partial charge on any atom is 0.416 e. The van der Waals surface area contributed by atoms with Crippen LogP contribution < -0.4 is 10.2 Å². The van der Waals surface area contributed by atoms with Crippen LogP contribution in [0.5, 0.6) is 0 Å². The zero-order valence-corrected chi connectivity index (χ0v) is 13.7. The monoisotopic (exact) mass is 314 g/mol. The van der Waals surface area contributed by atoms with Crippen molar-refractivity contribution in [3.63, 3.8) is 0 Å². The lowest BCUT2D eigenvalue weighted by Crippen LogP contribution is -2.56. The van der Waals surface area contributed by atoms with E-state index in [4.69, 9.17) is 0 Å². The first-order valence-corrected chi connectivity index (χ1v) is 7.70. The van der Waals surface area contributed by atoms with Crippen LogP contribution in [0.2, 0.25) is 0 Å². The van der Waals surface area contributed by atoms with Crippen molar-refractivity contribution in [2.75, 3.05) is 18.0 Å². The van der Waals surface area contributed by atoms with Gasteiger partial charge in [0.25, 0.3) is 0 Å². The first-order valence-electron chi connectivity index (χ1n) is 7.70. The maximum atomic E-state index is 12.9. The van der Waals surface area contributed by atoms with E-state index >= 15 is 0 Å². The Morgan fingerprint density at radius 1 is 1.00 bits per heavy atom. The highest BCUT2D eigenvalue weighted by molar-refractivity contribution is 5.49. The number of benzene rings is 1. The van der Waals surface area contributed by atoms with Gasteiger partial charge in [-0.15, -0.1) is 0 Å². The Morgan fingerprint density at radius 2 is 1.55 bits per heavy atom. The minimum atomic E-state index is -4.29. The summed E-state index contributed by atoms with van der Waals surface area (Å²) < 4.78 is 38.7. The molecule has 0 aliphatic carbocycles. The van der Waals surface area contributed by atoms with Crippen LogP contribution in [0, 0.1) is 0 Å². The quantitative estimate of drug-likeness (QED) is 0.824. The average Bonchev–Trinajstić information content (AvgIpc) is 2.35. The number of nitrogens with zero attached hydrogens (tertiary/aromatic N) is 1. The maximum absolute atomic E-state index is 12.9. The third kappa shape index (κ3) is 4.38. The molecule has 0 saturated carbocycles. The molecule has 0 spiro atoms. The SMILES string of the molecule is CC1(C)CCN(c2cccc(C(F)(F)F)c2)CCC(C)(C)N1. The van der Waals surface area contributed by atoms with Crippen LogP contribution in [0.3, 0.4) is 0 Å². The van der Waals surface area contributed by atoms with Crippen molar-refractivity contribution >= 4 is 5.69 Å². The molecule has 1 aliphatic heterocycles. The zero-order valence-electron chi connectivity index (χ0n) is 13.7. The zero-order chi connectivity index (χ0) is 16.6. The molecule has 0 atom stereocenters. The van der Waals surface area contributed by atoms with E-state index in [1.165, 1.54) is 12.1 Å². The molecule has 2 nitrogen and oxygen atoms in total. The molecule has 22 heavy (non-hydrogen) atoms. The van der Waals surface area contributed by atoms with E-state index in [0.29, 0.717) is 5.69 Å². The summed E-state index contributed by atoms with van der Waals surface area (Å²) in [5.74, 6) is 0. The van der Waals surface area contributed by atoms with Crippen LogP contribution in [0.15, 0.2) is 24.3 Å². The highest BCUT2D eigenvalue weighted by atomic mass is 19.4. The van der Waals surface area contributed by atoms with Gasteiger partial charge >= 0.3 is 6.18 Å². The van der Waals surface area contributed by atoms with Crippen molar-refractivity contribution in [2.45, 2.75) is 57.8 Å². The fourth-order valence-electron chi connectivity index (χ4n) is 3.12. The number of anilines is 1. The second-order valence-corrected chi connectivity index (χ2v) is 7.43. The third-order valence-electron chi connectivity index (χ3n) is 4.23. The molecule has 0 amide bonds. The fourth-order valence-corrected chi connectivity index (χ4v) is 3.12. The van der Waals surface area contributed by atoms with Crippen LogP contribution >= 0.6 is 0 Å². The summed E-state index contributed by atoms with van der Waals surface area (Å²) >= 11 is 0. The van der Waals surface area contributed by atoms with Crippen molar-refractivity contribution in [3.05, 3.63) is 29.8 Å². The lowest BCUT2D eigenvalue weighted by atomic mass is 9.90. The molecule has 2 rings (SSSR count). The summed E-state index contributed by atoms with van der Waals surface area (Å²) in [6.07, 6.45) is -2.53. The van der Waals surface area contributed by atoms with Crippen molar-refractivity contribution in [3.8, 4) is 0 Å². The molecular formula is C17H25F3N2. The van der Waals surface area contributed by atoms with Crippen LogP contribution in [-0.4, -0.2) is 24.2 Å². The number of alkyl halides is 3. The van der Waals surface area contributed by atoms with E-state index in [0.717, 1.165) is 32.0 Å². The third-order valence-corrected chi connectivity index (χ3v) is 4.23. The molecule has 124 valence electrons. The largest absolute Gasteiger partial charge is 0.416 e. The van der Waals surface area contributed by atoms with E-state index in [2.05, 4.69) is 37.9 Å². The Bertz CT molecular complexity index is 503. The van der Waals surface area contributed by atoms with Gasteiger partial charge in [0.05, 0.1) is 5.56 Å². The lowest BCUT2D eigenvalue weighted by molar-refractivity contribution is -0.137. The highest BCUT2D eigenvalue weighted by Crippen LogP contribution is 2.32. The van der Waals surface area contributed by atoms with Crippen LogP contribution in [-0.2, 0) is 6.18 Å². The van der Waals surface area contributed by atoms with E-state index in [1.54, 1.807) is 6.07 Å². The Morgan fingerprint density at radius 3 is 2.05 bits per heavy atom. The van der Waals surface area contributed by atoms with Gasteiger partial charge in [-0.2, -0.15) is 13.2 Å². The molecule has 1 aromatic rings. The topological polar surface area (TPSA) is 15.3 Å². The number of hydrogen-bond donors (Lipinski definition) is 1. The van der Waals surface area contributed by atoms with Gasteiger partial charge in [0.1, 0.15) is 0 Å². The number of rotatable bonds is 1. The highest BCUT2D eigenvalue weighted by Gasteiger charge is 2.33. The molecule has 1 N–H and O–H groups in total. The number of nitrogens with one attached hydrogen (secondary N) is 1. The summed E-state index contributed by atoms with van der Waals surface area (Å²) in [5.41, 5.74) is 0.000175. The Kier molecular flexibility index (Phi) is 4.49. The van der Waals surface area contributed by atoms with E-state index in [1.807, 2.05) is 0 Å². The smallest absolute Gasteiger partial charge is 0.371 e. The molecule has 1 aromatic carbocycles. The van der Waals surface area contributed by atoms with E-state index < -0.39 is 11.7 Å². The molecule has 1 heterocycles. The average molecular weight is 314 g/mol. The predicted molar refractivity (Wildman–Crippen MR) is 84.2 cm³/mol. The van der Waals surface area contributed by atoms with E-state index in [9.17, 15) is 13.2 Å². The molecule has 1 fully saturated rings. The lowest BCUT2D eigenvalue weighted by Gasteiger charge is -2.43. The second kappa shape index (κ2) is 5.76. The first kappa shape index (κ1) is 17.1. The molecular weight excluding hydrogens is 289 g/mol. The predicted octanol–water partition coefficient (Wildman–Crippen LogP) is 4.45. The molecule has 1 aliphatic rings. The summed E-state index contributed by atoms with van der Waals surface area (Å²) in [6, 6.07) is 5.65. The molecule has 5 heteroatoms. The van der Waals surface area contributed by atoms with Crippen LogP contribution in [0.25, 0.3) is 0 Å². The van der Waals surface area contributed by atoms with Gasteiger partial charge < -0.3 is 10.2 Å². The normalized spacial score (nSPS) is 22.0. The Labute approximate surface area is 130 Å². The van der Waals surface area contributed by atoms with Gasteiger partial charge in [-0.05, 0) is 58.7 Å².